The van der Waals surface area contributed by atoms with Crippen LogP contribution in [0.5, 0.6) is 0 Å². The maximum atomic E-state index is 11.5. The van der Waals surface area contributed by atoms with Crippen LogP contribution in [0.15, 0.2) is 54.4 Å². The van der Waals surface area contributed by atoms with E-state index in [-0.39, 0.29) is 42.5 Å². The minimum atomic E-state index is -0.417. The molecule has 1 radical (unpaired) electrons. The van der Waals surface area contributed by atoms with Crippen LogP contribution in [-0.2, 0) is 30.3 Å². The van der Waals surface area contributed by atoms with Gasteiger partial charge in [-0.3, -0.25) is 14.8 Å². The van der Waals surface area contributed by atoms with Gasteiger partial charge in [-0.15, -0.1) is 34.9 Å². The first kappa shape index (κ1) is 32.7. The van der Waals surface area contributed by atoms with Crippen molar-refractivity contribution in [1.29, 1.82) is 0 Å². The van der Waals surface area contributed by atoms with Crippen molar-refractivity contribution in [3.8, 4) is 11.4 Å². The molecule has 5 heteroatoms. The monoisotopic (exact) mass is 680 g/mol. The summed E-state index contributed by atoms with van der Waals surface area (Å²) in [7, 11) is 0. The first-order valence-corrected chi connectivity index (χ1v) is 12.8. The topological polar surface area (TPSA) is 63.1 Å². The summed E-state index contributed by atoms with van der Waals surface area (Å²) in [6, 6.07) is 16.0. The summed E-state index contributed by atoms with van der Waals surface area (Å²) < 4.78 is 0. The van der Waals surface area contributed by atoms with Crippen LogP contribution >= 0.6 is 0 Å². The van der Waals surface area contributed by atoms with Gasteiger partial charge in [0.2, 0.25) is 0 Å². The van der Waals surface area contributed by atoms with Crippen molar-refractivity contribution in [2.75, 3.05) is 0 Å². The number of hydrogen-bond acceptors (Lipinski definition) is 4. The predicted octanol–water partition coefficient (Wildman–Crippen LogP) is 8.57. The van der Waals surface area contributed by atoms with Crippen molar-refractivity contribution < 1.29 is 30.0 Å². The number of fused-ring (bicyclic) bond motifs is 1. The van der Waals surface area contributed by atoms with Crippen LogP contribution in [0.25, 0.3) is 22.3 Å². The molecule has 0 spiro atoms. The molecule has 1 heterocycles. The van der Waals surface area contributed by atoms with Crippen LogP contribution in [0, 0.1) is 23.8 Å². The van der Waals surface area contributed by atoms with E-state index in [1.807, 2.05) is 72.0 Å². The number of hydrogen-bond donors (Lipinski definition) is 1. The Morgan fingerprint density at radius 3 is 2.11 bits per heavy atom. The van der Waals surface area contributed by atoms with E-state index in [0.717, 1.165) is 40.7 Å². The third-order valence-corrected chi connectivity index (χ3v) is 6.77. The van der Waals surface area contributed by atoms with E-state index in [2.05, 4.69) is 50.9 Å². The molecule has 4 nitrogen and oxygen atoms in total. The molecule has 0 atom stereocenters. The molecule has 3 rings (SSSR count). The fourth-order valence-corrected chi connectivity index (χ4v) is 3.50. The van der Waals surface area contributed by atoms with Crippen LogP contribution in [0.3, 0.4) is 0 Å². The largest absolute Gasteiger partial charge is 0.512 e. The smallest absolute Gasteiger partial charge is 0.164 e. The molecule has 1 N–H and O–H groups in total. The molecule has 37 heavy (non-hydrogen) atoms. The average molecular weight is 680 g/mol. The van der Waals surface area contributed by atoms with Crippen molar-refractivity contribution in [1.82, 2.24) is 9.97 Å². The second-order valence-corrected chi connectivity index (χ2v) is 11.9. The van der Waals surface area contributed by atoms with Crippen LogP contribution in [0.2, 0.25) is 0 Å². The zero-order valence-corrected chi connectivity index (χ0v) is 26.5. The number of carbonyl (C=O) groups is 1. The van der Waals surface area contributed by atoms with Gasteiger partial charge >= 0.3 is 0 Å². The molecule has 0 saturated carbocycles. The number of allylic oxidation sites excluding steroid dienone is 2. The Labute approximate surface area is 237 Å². The number of ketones is 1. The standard InChI is InChI=1S/C21H23N2.C11H20O2.Ir/c1-5-21(4,6-2)18-12-15(3)11-17(13-18)20-22-14-16-9-7-8-10-19(16)23-20;1-10(2,3)8(12)7-9(13)11(4,5)6;/h7-10,12-14H,5-6H2,1-4H3;7,12H,1-6H3;/q-1;;/b;8-7-;. The van der Waals surface area contributed by atoms with Gasteiger partial charge in [0.25, 0.3) is 0 Å². The second-order valence-electron chi connectivity index (χ2n) is 11.9. The number of aliphatic hydroxyl groups excluding tert-OH is 1. The molecule has 1 aromatic heterocycles. The third-order valence-electron chi connectivity index (χ3n) is 6.77. The van der Waals surface area contributed by atoms with Crippen LogP contribution in [0.1, 0.15) is 86.3 Å². The maximum absolute atomic E-state index is 11.5. The fourth-order valence-electron chi connectivity index (χ4n) is 3.50. The van der Waals surface area contributed by atoms with Gasteiger partial charge in [-0.25, -0.2) is 0 Å². The Balaban J connectivity index is 0.000000423. The van der Waals surface area contributed by atoms with Crippen molar-refractivity contribution >= 4 is 16.7 Å². The molecule has 2 aromatic carbocycles. The molecule has 0 fully saturated rings. The molecular weight excluding hydrogens is 637 g/mol. The Morgan fingerprint density at radius 2 is 1.57 bits per heavy atom. The number of rotatable bonds is 5. The van der Waals surface area contributed by atoms with E-state index in [4.69, 9.17) is 4.98 Å². The number of aromatic nitrogens is 2. The van der Waals surface area contributed by atoms with E-state index >= 15 is 0 Å². The molecule has 3 aromatic rings. The number of aliphatic hydroxyl groups is 1. The summed E-state index contributed by atoms with van der Waals surface area (Å²) in [5.41, 5.74) is 3.88. The minimum Gasteiger partial charge on any atom is -0.512 e. The summed E-state index contributed by atoms with van der Waals surface area (Å²) >= 11 is 0. The van der Waals surface area contributed by atoms with Gasteiger partial charge in [0, 0.05) is 48.6 Å². The SMILES string of the molecule is CC(C)(C)C(=O)/C=C(\O)C(C)(C)C.CCC(C)(CC)c1cc(C)[c-]c(-c2ncc3ccccc3n2)c1.[Ir]. The molecule has 0 aliphatic rings. The van der Waals surface area contributed by atoms with Crippen molar-refractivity contribution in [3.63, 3.8) is 0 Å². The number of para-hydroxylation sites is 1. The van der Waals surface area contributed by atoms with Gasteiger partial charge < -0.3 is 5.11 Å². The second kappa shape index (κ2) is 12.9. The first-order valence-electron chi connectivity index (χ1n) is 12.8. The molecule has 0 bridgehead atoms. The fraction of sp³-hybridized carbons (Fsp3) is 0.469. The van der Waals surface area contributed by atoms with Crippen LogP contribution in [-0.4, -0.2) is 20.9 Å². The molecule has 0 aliphatic heterocycles. The Bertz CT molecular complexity index is 1230. The summed E-state index contributed by atoms with van der Waals surface area (Å²) in [5.74, 6) is 0.857. The molecular formula is C32H43IrN2O2-. The van der Waals surface area contributed by atoms with E-state index in [1.165, 1.54) is 11.6 Å². The van der Waals surface area contributed by atoms with E-state index in [1.54, 1.807) is 0 Å². The molecule has 0 aliphatic carbocycles. The quantitative estimate of drug-likeness (QED) is 0.167. The van der Waals surface area contributed by atoms with Gasteiger partial charge in [0.1, 0.15) is 5.76 Å². The van der Waals surface area contributed by atoms with Crippen LogP contribution in [0.4, 0.5) is 0 Å². The zero-order chi connectivity index (χ0) is 27.3. The summed E-state index contributed by atoms with van der Waals surface area (Å²) in [4.78, 5) is 20.8. The summed E-state index contributed by atoms with van der Waals surface area (Å²) in [6.45, 7) is 20.0. The molecule has 0 unspecified atom stereocenters. The predicted molar refractivity (Wildman–Crippen MR) is 151 cm³/mol. The van der Waals surface area contributed by atoms with E-state index in [9.17, 15) is 9.90 Å². The average Bonchev–Trinajstić information content (AvgIpc) is 2.82. The summed E-state index contributed by atoms with van der Waals surface area (Å²) in [6.07, 6.45) is 5.46. The van der Waals surface area contributed by atoms with Gasteiger partial charge in [0.15, 0.2) is 5.78 Å². The van der Waals surface area contributed by atoms with Crippen molar-refractivity contribution in [3.05, 3.63) is 71.6 Å². The number of aryl methyl sites for hydroxylation is 1. The summed E-state index contributed by atoms with van der Waals surface area (Å²) in [5, 5.41) is 10.6. The molecule has 0 saturated heterocycles. The van der Waals surface area contributed by atoms with Crippen molar-refractivity contribution in [2.45, 2.75) is 87.5 Å². The Kier molecular flexibility index (Phi) is 11.4. The van der Waals surface area contributed by atoms with Gasteiger partial charge in [0.05, 0.1) is 11.3 Å². The first-order chi connectivity index (χ1) is 16.6. The number of carbonyl (C=O) groups excluding carboxylic acids is 1. The number of benzene rings is 2. The van der Waals surface area contributed by atoms with Gasteiger partial charge in [-0.05, 0) is 24.3 Å². The van der Waals surface area contributed by atoms with Gasteiger partial charge in [-0.2, -0.15) is 0 Å². The Hall–Kier alpha value is -2.36. The minimum absolute atomic E-state index is 0. The third kappa shape index (κ3) is 8.86. The Morgan fingerprint density at radius 1 is 0.973 bits per heavy atom. The van der Waals surface area contributed by atoms with Crippen LogP contribution < -0.4 is 0 Å². The van der Waals surface area contributed by atoms with E-state index in [0.29, 0.717) is 0 Å². The zero-order valence-electron chi connectivity index (χ0n) is 24.1. The number of nitrogens with zero attached hydrogens (tertiary/aromatic N) is 2. The molecule has 203 valence electrons. The maximum Gasteiger partial charge on any atom is 0.164 e. The normalized spacial score (nSPS) is 12.4. The van der Waals surface area contributed by atoms with Gasteiger partial charge in [-0.1, -0.05) is 87.4 Å². The van der Waals surface area contributed by atoms with Crippen molar-refractivity contribution in [2.24, 2.45) is 10.8 Å². The van der Waals surface area contributed by atoms with E-state index < -0.39 is 5.41 Å². The molecule has 0 amide bonds.